The molecular weight excluding hydrogens is 326 g/mol. The zero-order chi connectivity index (χ0) is 15.7. The molecule has 0 atom stereocenters. The predicted octanol–water partition coefficient (Wildman–Crippen LogP) is 4.17. The van der Waals surface area contributed by atoms with Gasteiger partial charge in [-0.15, -0.1) is 12.4 Å². The highest BCUT2D eigenvalue weighted by atomic mass is 35.5. The van der Waals surface area contributed by atoms with Gasteiger partial charge in [-0.25, -0.2) is 0 Å². The van der Waals surface area contributed by atoms with Crippen LogP contribution >= 0.6 is 12.4 Å². The van der Waals surface area contributed by atoms with E-state index in [0.717, 1.165) is 23.1 Å². The summed E-state index contributed by atoms with van der Waals surface area (Å²) >= 11 is 0. The third-order valence-corrected chi connectivity index (χ3v) is 3.09. The average Bonchev–Trinajstić information content (AvgIpc) is 2.62. The van der Waals surface area contributed by atoms with Crippen LogP contribution in [0.1, 0.15) is 0 Å². The van der Waals surface area contributed by atoms with Gasteiger partial charge in [0.2, 0.25) is 0 Å². The summed E-state index contributed by atoms with van der Waals surface area (Å²) in [5, 5.41) is 0. The normalized spacial score (nSPS) is 9.67. The highest BCUT2D eigenvalue weighted by Gasteiger charge is 2.01. The number of rotatable bonds is 7. The molecule has 0 aliphatic rings. The summed E-state index contributed by atoms with van der Waals surface area (Å²) in [6.45, 7) is 0.949. The molecule has 0 aliphatic carbocycles. The van der Waals surface area contributed by atoms with Crippen molar-refractivity contribution in [1.29, 1.82) is 0 Å². The van der Waals surface area contributed by atoms with Crippen LogP contribution < -0.4 is 19.2 Å². The van der Waals surface area contributed by atoms with Crippen molar-refractivity contribution in [2.75, 3.05) is 13.2 Å². The second-order valence-corrected chi connectivity index (χ2v) is 4.81. The molecule has 5 heteroatoms. The van der Waals surface area contributed by atoms with Gasteiger partial charge in [-0.1, -0.05) is 18.2 Å². The van der Waals surface area contributed by atoms with Crippen LogP contribution in [0.5, 0.6) is 23.1 Å². The van der Waals surface area contributed by atoms with E-state index in [1.807, 2.05) is 79.0 Å². The first-order valence-corrected chi connectivity index (χ1v) is 7.45. The fraction of sp³-hybridized carbons (Fsp3) is 0.105. The van der Waals surface area contributed by atoms with Gasteiger partial charge >= 0.3 is 5.88 Å². The molecule has 3 rings (SSSR count). The molecule has 0 aliphatic heterocycles. The van der Waals surface area contributed by atoms with E-state index >= 15 is 0 Å². The molecule has 24 heavy (non-hydrogen) atoms. The lowest BCUT2D eigenvalue weighted by molar-refractivity contribution is -0.394. The first-order chi connectivity index (χ1) is 11.4. The number of aromatic nitrogens is 1. The van der Waals surface area contributed by atoms with E-state index in [1.54, 1.807) is 0 Å². The maximum Gasteiger partial charge on any atom is 0.366 e. The van der Waals surface area contributed by atoms with Crippen molar-refractivity contribution in [1.82, 2.24) is 0 Å². The highest BCUT2D eigenvalue weighted by molar-refractivity contribution is 5.85. The molecule has 1 heterocycles. The average molecular weight is 345 g/mol. The Bertz CT molecular complexity index is 706. The van der Waals surface area contributed by atoms with Gasteiger partial charge in [-0.2, -0.15) is 4.98 Å². The lowest BCUT2D eigenvalue weighted by Crippen LogP contribution is -2.14. The van der Waals surface area contributed by atoms with Crippen LogP contribution in [0.2, 0.25) is 0 Å². The van der Waals surface area contributed by atoms with Gasteiger partial charge in [0.25, 0.3) is 0 Å². The van der Waals surface area contributed by atoms with Gasteiger partial charge in [-0.3, -0.25) is 0 Å². The van der Waals surface area contributed by atoms with Gasteiger partial charge in [0.15, 0.2) is 6.20 Å². The number of benzene rings is 2. The summed E-state index contributed by atoms with van der Waals surface area (Å²) in [6.07, 6.45) is 1.82. The minimum atomic E-state index is 0. The summed E-state index contributed by atoms with van der Waals surface area (Å²) in [7, 11) is 0. The molecule has 0 unspecified atom stereocenters. The van der Waals surface area contributed by atoms with Crippen LogP contribution in [0.15, 0.2) is 79.0 Å². The van der Waals surface area contributed by atoms with Crippen molar-refractivity contribution in [3.8, 4) is 23.1 Å². The first kappa shape index (κ1) is 17.6. The second-order valence-electron chi connectivity index (χ2n) is 4.81. The number of aromatic amines is 1. The fourth-order valence-corrected chi connectivity index (χ4v) is 2.01. The highest BCUT2D eigenvalue weighted by Crippen LogP contribution is 2.23. The largest absolute Gasteiger partial charge is 0.490 e. The van der Waals surface area contributed by atoms with Crippen LogP contribution in [0.4, 0.5) is 0 Å². The molecule has 2 aromatic carbocycles. The Balaban J connectivity index is 0.00000208. The van der Waals surface area contributed by atoms with Crippen molar-refractivity contribution < 1.29 is 19.2 Å². The van der Waals surface area contributed by atoms with Crippen molar-refractivity contribution in [3.05, 3.63) is 79.0 Å². The lowest BCUT2D eigenvalue weighted by atomic mass is 10.3. The third kappa shape index (κ3) is 5.48. The van der Waals surface area contributed by atoms with Crippen molar-refractivity contribution in [3.63, 3.8) is 0 Å². The molecule has 0 spiro atoms. The molecule has 1 N–H and O–H groups in total. The van der Waals surface area contributed by atoms with Crippen molar-refractivity contribution in [2.45, 2.75) is 0 Å². The Morgan fingerprint density at radius 3 is 1.96 bits per heavy atom. The summed E-state index contributed by atoms with van der Waals surface area (Å²) in [5.74, 6) is 3.10. The zero-order valence-electron chi connectivity index (χ0n) is 13.1. The maximum absolute atomic E-state index is 5.73. The molecule has 124 valence electrons. The van der Waals surface area contributed by atoms with E-state index in [4.69, 9.17) is 14.2 Å². The number of pyridine rings is 1. The lowest BCUT2D eigenvalue weighted by Gasteiger charge is -2.08. The molecule has 0 saturated heterocycles. The summed E-state index contributed by atoms with van der Waals surface area (Å²) in [4.78, 5) is 3.00. The Hall–Kier alpha value is -2.72. The standard InChI is InChI=1S/C19H17NO3.ClH/c1-2-6-17(7-3-1)23-18-11-9-16(10-12-18)21-14-15-22-19-8-4-5-13-20-19;/h1-13H,14-15H2;1H/p+1. The Morgan fingerprint density at radius 1 is 0.625 bits per heavy atom. The van der Waals surface area contributed by atoms with Crippen LogP contribution in [0.3, 0.4) is 0 Å². The third-order valence-electron chi connectivity index (χ3n) is 3.09. The molecule has 4 nitrogen and oxygen atoms in total. The molecule has 0 fully saturated rings. The van der Waals surface area contributed by atoms with E-state index in [9.17, 15) is 0 Å². The number of hydrogen-bond donors (Lipinski definition) is 0. The van der Waals surface area contributed by atoms with Gasteiger partial charge < -0.3 is 14.2 Å². The van der Waals surface area contributed by atoms with Crippen molar-refractivity contribution >= 4 is 12.4 Å². The number of ether oxygens (including phenoxy) is 3. The number of halogens is 1. The fourth-order valence-electron chi connectivity index (χ4n) is 2.01. The van der Waals surface area contributed by atoms with E-state index in [-0.39, 0.29) is 12.4 Å². The Kier molecular flexibility index (Phi) is 6.92. The molecule has 0 amide bonds. The molecule has 0 bridgehead atoms. The van der Waals surface area contributed by atoms with Crippen LogP contribution in [-0.4, -0.2) is 13.2 Å². The van der Waals surface area contributed by atoms with Gasteiger partial charge in [0, 0.05) is 6.07 Å². The second kappa shape index (κ2) is 9.43. The first-order valence-electron chi connectivity index (χ1n) is 7.45. The summed E-state index contributed by atoms with van der Waals surface area (Å²) in [6, 6.07) is 22.9. The van der Waals surface area contributed by atoms with Crippen LogP contribution in [0.25, 0.3) is 0 Å². The number of H-pyrrole nitrogens is 1. The van der Waals surface area contributed by atoms with Crippen LogP contribution in [-0.2, 0) is 0 Å². The summed E-state index contributed by atoms with van der Waals surface area (Å²) in [5.41, 5.74) is 0. The minimum absolute atomic E-state index is 0. The smallest absolute Gasteiger partial charge is 0.366 e. The molecule has 3 aromatic rings. The van der Waals surface area contributed by atoms with E-state index in [1.165, 1.54) is 0 Å². The number of nitrogens with one attached hydrogen (secondary N) is 1. The van der Waals surface area contributed by atoms with Crippen molar-refractivity contribution in [2.24, 2.45) is 0 Å². The Labute approximate surface area is 147 Å². The SMILES string of the molecule is Cl.c1ccc(Oc2ccc(OCCOc3cccc[nH+]3)cc2)cc1. The zero-order valence-corrected chi connectivity index (χ0v) is 13.9. The monoisotopic (exact) mass is 344 g/mol. The van der Waals surface area contributed by atoms with Gasteiger partial charge in [0.05, 0.1) is 6.07 Å². The quantitative estimate of drug-likeness (QED) is 0.604. The minimum Gasteiger partial charge on any atom is -0.490 e. The summed E-state index contributed by atoms with van der Waals surface area (Å²) < 4.78 is 16.9. The van der Waals surface area contributed by atoms with E-state index in [2.05, 4.69) is 4.98 Å². The number of hydrogen-bond acceptors (Lipinski definition) is 3. The molecule has 0 saturated carbocycles. The predicted molar refractivity (Wildman–Crippen MR) is 94.2 cm³/mol. The van der Waals surface area contributed by atoms with E-state index in [0.29, 0.717) is 13.2 Å². The topological polar surface area (TPSA) is 41.8 Å². The van der Waals surface area contributed by atoms with Crippen LogP contribution in [0, 0.1) is 0 Å². The van der Waals surface area contributed by atoms with E-state index < -0.39 is 0 Å². The number of para-hydroxylation sites is 1. The molecule has 0 radical (unpaired) electrons. The van der Waals surface area contributed by atoms with Gasteiger partial charge in [0.1, 0.15) is 30.5 Å². The molecular formula is C19H19ClNO3+. The Morgan fingerprint density at radius 2 is 1.25 bits per heavy atom. The molecule has 1 aromatic heterocycles. The van der Waals surface area contributed by atoms with Gasteiger partial charge in [-0.05, 0) is 42.5 Å². The maximum atomic E-state index is 5.73.